The van der Waals surface area contributed by atoms with Crippen LogP contribution >= 0.6 is 0 Å². The number of benzene rings is 1. The molecule has 0 aromatic heterocycles. The highest BCUT2D eigenvalue weighted by Gasteiger charge is 2.51. The third-order valence-corrected chi connectivity index (χ3v) is 3.52. The van der Waals surface area contributed by atoms with Crippen molar-refractivity contribution in [2.75, 3.05) is 26.2 Å². The van der Waals surface area contributed by atoms with Crippen molar-refractivity contribution in [1.29, 1.82) is 0 Å². The van der Waals surface area contributed by atoms with Crippen LogP contribution in [0.25, 0.3) is 0 Å². The van der Waals surface area contributed by atoms with Gasteiger partial charge in [-0.3, -0.25) is 4.90 Å². The largest absolute Gasteiger partial charge is 0.345 e. The molecular formula is C12H17N2+. The summed E-state index contributed by atoms with van der Waals surface area (Å²) in [7, 11) is 0. The van der Waals surface area contributed by atoms with Gasteiger partial charge in [-0.25, -0.2) is 0 Å². The zero-order valence-electron chi connectivity index (χ0n) is 8.45. The van der Waals surface area contributed by atoms with Gasteiger partial charge in [-0.05, 0) is 5.56 Å². The van der Waals surface area contributed by atoms with Crippen LogP contribution in [0.15, 0.2) is 30.3 Å². The van der Waals surface area contributed by atoms with E-state index in [1.807, 2.05) is 0 Å². The van der Waals surface area contributed by atoms with Crippen LogP contribution in [0.1, 0.15) is 5.56 Å². The molecule has 2 nitrogen and oxygen atoms in total. The molecule has 1 aromatic rings. The topological polar surface area (TPSA) is 19.9 Å². The maximum atomic E-state index is 2.56. The highest BCUT2D eigenvalue weighted by molar-refractivity contribution is 5.15. The molecule has 0 saturated carbocycles. The van der Waals surface area contributed by atoms with Gasteiger partial charge in [-0.1, -0.05) is 30.3 Å². The van der Waals surface area contributed by atoms with Gasteiger partial charge in [0.15, 0.2) is 0 Å². The lowest BCUT2D eigenvalue weighted by Crippen LogP contribution is -3.03. The number of quaternary nitrogens is 1. The number of rotatable bonds is 2. The normalized spacial score (nSPS) is 24.3. The summed E-state index contributed by atoms with van der Waals surface area (Å²) in [6.45, 7) is 6.50. The van der Waals surface area contributed by atoms with Gasteiger partial charge >= 0.3 is 0 Å². The maximum Gasteiger partial charge on any atom is 0.0933 e. The van der Waals surface area contributed by atoms with Crippen LogP contribution in [0.5, 0.6) is 0 Å². The number of nitrogens with zero attached hydrogens (tertiary/aromatic N) is 1. The summed E-state index contributed by atoms with van der Waals surface area (Å²) in [5.74, 6) is 0. The average molecular weight is 189 g/mol. The maximum absolute atomic E-state index is 2.56. The van der Waals surface area contributed by atoms with E-state index in [-0.39, 0.29) is 0 Å². The average Bonchev–Trinajstić information content (AvgIpc) is 2.09. The molecule has 0 unspecified atom stereocenters. The second-order valence-electron chi connectivity index (χ2n) is 4.83. The second kappa shape index (κ2) is 3.07. The van der Waals surface area contributed by atoms with Gasteiger partial charge in [0.25, 0.3) is 0 Å². The van der Waals surface area contributed by atoms with Gasteiger partial charge in [0, 0.05) is 19.6 Å². The van der Waals surface area contributed by atoms with E-state index in [9.17, 15) is 0 Å². The fraction of sp³-hybridized carbons (Fsp3) is 0.500. The first-order valence-corrected chi connectivity index (χ1v) is 5.44. The number of likely N-dealkylation sites (tertiary alicyclic amines) is 1. The molecule has 2 fully saturated rings. The van der Waals surface area contributed by atoms with Gasteiger partial charge in [0.1, 0.15) is 0 Å². The van der Waals surface area contributed by atoms with Crippen molar-refractivity contribution >= 4 is 0 Å². The third kappa shape index (κ3) is 1.35. The van der Waals surface area contributed by atoms with Crippen LogP contribution in [0.3, 0.4) is 0 Å². The summed E-state index contributed by atoms with van der Waals surface area (Å²) in [6, 6.07) is 10.8. The molecule has 3 rings (SSSR count). The molecule has 2 heterocycles. The first-order valence-electron chi connectivity index (χ1n) is 5.44. The van der Waals surface area contributed by atoms with Crippen molar-refractivity contribution < 1.29 is 5.32 Å². The number of nitrogens with two attached hydrogens (primary N) is 1. The first kappa shape index (κ1) is 8.45. The summed E-state index contributed by atoms with van der Waals surface area (Å²) in [4.78, 5) is 2.56. The number of hydrogen-bond donors (Lipinski definition) is 1. The van der Waals surface area contributed by atoms with E-state index in [1.54, 1.807) is 0 Å². The molecule has 0 amide bonds. The number of hydrogen-bond acceptors (Lipinski definition) is 1. The minimum atomic E-state index is 0.717. The van der Waals surface area contributed by atoms with Crippen LogP contribution < -0.4 is 5.32 Å². The highest BCUT2D eigenvalue weighted by atomic mass is 15.3. The van der Waals surface area contributed by atoms with Crippen LogP contribution in [0.4, 0.5) is 0 Å². The van der Waals surface area contributed by atoms with Crippen molar-refractivity contribution in [2.24, 2.45) is 5.41 Å². The smallest absolute Gasteiger partial charge is 0.0933 e. The van der Waals surface area contributed by atoms with Gasteiger partial charge in [0.05, 0.1) is 18.5 Å². The molecule has 2 saturated heterocycles. The van der Waals surface area contributed by atoms with Gasteiger partial charge in [-0.15, -0.1) is 0 Å². The van der Waals surface area contributed by atoms with E-state index in [0.717, 1.165) is 12.0 Å². The fourth-order valence-electron chi connectivity index (χ4n) is 2.67. The summed E-state index contributed by atoms with van der Waals surface area (Å²) in [6.07, 6.45) is 0. The Morgan fingerprint density at radius 2 is 1.86 bits per heavy atom. The Morgan fingerprint density at radius 3 is 2.43 bits per heavy atom. The minimum absolute atomic E-state index is 0.717. The van der Waals surface area contributed by atoms with E-state index < -0.39 is 0 Å². The van der Waals surface area contributed by atoms with Crippen LogP contribution in [-0.4, -0.2) is 31.1 Å². The minimum Gasteiger partial charge on any atom is -0.345 e. The van der Waals surface area contributed by atoms with Crippen molar-refractivity contribution in [2.45, 2.75) is 6.54 Å². The van der Waals surface area contributed by atoms with E-state index in [4.69, 9.17) is 0 Å². The Morgan fingerprint density at radius 1 is 1.14 bits per heavy atom. The molecule has 0 radical (unpaired) electrons. The lowest BCUT2D eigenvalue weighted by Gasteiger charge is -2.52. The molecule has 1 spiro atoms. The fourth-order valence-corrected chi connectivity index (χ4v) is 2.67. The third-order valence-electron chi connectivity index (χ3n) is 3.52. The lowest BCUT2D eigenvalue weighted by molar-refractivity contribution is -0.748. The predicted octanol–water partition coefficient (Wildman–Crippen LogP) is 0.0656. The first-order chi connectivity index (χ1) is 6.86. The quantitative estimate of drug-likeness (QED) is 0.697. The Labute approximate surface area is 84.9 Å². The Balaban J connectivity index is 1.56. The van der Waals surface area contributed by atoms with E-state index >= 15 is 0 Å². The summed E-state index contributed by atoms with van der Waals surface area (Å²) in [5, 5.41) is 2.42. The molecule has 1 aromatic carbocycles. The van der Waals surface area contributed by atoms with Gasteiger partial charge in [0.2, 0.25) is 0 Å². The lowest BCUT2D eigenvalue weighted by atomic mass is 9.74. The Kier molecular flexibility index (Phi) is 1.85. The SMILES string of the molecule is c1ccc(CN2CC3(C[NH2+]C3)C2)cc1. The molecule has 2 aliphatic heterocycles. The van der Waals surface area contributed by atoms with Crippen molar-refractivity contribution in [3.8, 4) is 0 Å². The van der Waals surface area contributed by atoms with Crippen molar-refractivity contribution in [3.05, 3.63) is 35.9 Å². The molecule has 0 aliphatic carbocycles. The zero-order chi connectivity index (χ0) is 9.43. The van der Waals surface area contributed by atoms with Gasteiger partial charge < -0.3 is 5.32 Å². The molecule has 2 aliphatic rings. The molecule has 0 bridgehead atoms. The molecular weight excluding hydrogens is 172 g/mol. The van der Waals surface area contributed by atoms with Gasteiger partial charge in [-0.2, -0.15) is 0 Å². The van der Waals surface area contributed by atoms with Crippen LogP contribution in [-0.2, 0) is 6.54 Å². The molecule has 0 atom stereocenters. The summed E-state index contributed by atoms with van der Waals surface area (Å²) < 4.78 is 0. The summed E-state index contributed by atoms with van der Waals surface area (Å²) in [5.41, 5.74) is 2.17. The molecule has 74 valence electrons. The summed E-state index contributed by atoms with van der Waals surface area (Å²) >= 11 is 0. The predicted molar refractivity (Wildman–Crippen MR) is 55.8 cm³/mol. The highest BCUT2D eigenvalue weighted by Crippen LogP contribution is 2.31. The van der Waals surface area contributed by atoms with E-state index in [0.29, 0.717) is 0 Å². The van der Waals surface area contributed by atoms with Crippen molar-refractivity contribution in [1.82, 2.24) is 4.90 Å². The molecule has 2 heteroatoms. The van der Waals surface area contributed by atoms with E-state index in [2.05, 4.69) is 40.5 Å². The van der Waals surface area contributed by atoms with Crippen LogP contribution in [0, 0.1) is 5.41 Å². The second-order valence-corrected chi connectivity index (χ2v) is 4.83. The standard InChI is InChI=1S/C12H16N2/c1-2-4-11(5-3-1)6-14-9-12(10-14)7-13-8-12/h1-5,13H,6-10H2/p+1. The van der Waals surface area contributed by atoms with Crippen LogP contribution in [0.2, 0.25) is 0 Å². The zero-order valence-corrected chi connectivity index (χ0v) is 8.45. The van der Waals surface area contributed by atoms with E-state index in [1.165, 1.54) is 31.7 Å². The Bertz CT molecular complexity index is 308. The monoisotopic (exact) mass is 189 g/mol. The molecule has 2 N–H and O–H groups in total. The van der Waals surface area contributed by atoms with Crippen molar-refractivity contribution in [3.63, 3.8) is 0 Å². The Hall–Kier alpha value is -0.860. The molecule has 14 heavy (non-hydrogen) atoms.